The second-order valence-corrected chi connectivity index (χ2v) is 7.08. The Morgan fingerprint density at radius 2 is 1.91 bits per heavy atom. The highest BCUT2D eigenvalue weighted by Gasteiger charge is 2.37. The van der Waals surface area contributed by atoms with E-state index in [4.69, 9.17) is 4.74 Å². The Balaban J connectivity index is 1.45. The Morgan fingerprint density at radius 3 is 2.61 bits per heavy atom. The van der Waals surface area contributed by atoms with Crippen LogP contribution in [0.4, 0.5) is 0 Å². The highest BCUT2D eigenvalue weighted by atomic mass is 16.5. The molecule has 0 saturated carbocycles. The van der Waals surface area contributed by atoms with E-state index < -0.39 is 0 Å². The molecular formula is C17H29N3O3. The lowest BCUT2D eigenvalue weighted by Crippen LogP contribution is -2.48. The second-order valence-electron chi connectivity index (χ2n) is 7.08. The molecule has 3 heterocycles. The van der Waals surface area contributed by atoms with Crippen molar-refractivity contribution in [2.75, 3.05) is 46.4 Å². The molecule has 130 valence electrons. The average Bonchev–Trinajstić information content (AvgIpc) is 3.17. The minimum atomic E-state index is -0.0897. The first-order chi connectivity index (χ1) is 11.1. The molecular weight excluding hydrogens is 294 g/mol. The molecule has 0 bridgehead atoms. The number of esters is 1. The summed E-state index contributed by atoms with van der Waals surface area (Å²) in [7, 11) is 2.16. The summed E-state index contributed by atoms with van der Waals surface area (Å²) in [5, 5.41) is 0. The van der Waals surface area contributed by atoms with Gasteiger partial charge in [-0.3, -0.25) is 14.5 Å². The third-order valence-electron chi connectivity index (χ3n) is 5.50. The third kappa shape index (κ3) is 4.04. The van der Waals surface area contributed by atoms with Gasteiger partial charge in [0.1, 0.15) is 12.6 Å². The van der Waals surface area contributed by atoms with Crippen LogP contribution in [0.5, 0.6) is 0 Å². The van der Waals surface area contributed by atoms with Crippen LogP contribution in [0.25, 0.3) is 0 Å². The van der Waals surface area contributed by atoms with Crippen LogP contribution in [-0.4, -0.2) is 85.0 Å². The number of hydrogen-bond acceptors (Lipinski definition) is 5. The highest BCUT2D eigenvalue weighted by molar-refractivity contribution is 5.78. The summed E-state index contributed by atoms with van der Waals surface area (Å²) in [4.78, 5) is 30.5. The normalized spacial score (nSPS) is 27.8. The van der Waals surface area contributed by atoms with Crippen molar-refractivity contribution in [2.45, 2.75) is 50.6 Å². The summed E-state index contributed by atoms with van der Waals surface area (Å²) in [6.45, 7) is 4.92. The molecule has 0 N–H and O–H groups in total. The molecule has 6 nitrogen and oxygen atoms in total. The summed E-state index contributed by atoms with van der Waals surface area (Å²) in [5.74, 6) is 0.0999. The molecule has 3 fully saturated rings. The Kier molecular flexibility index (Phi) is 5.54. The van der Waals surface area contributed by atoms with Crippen LogP contribution < -0.4 is 0 Å². The van der Waals surface area contributed by atoms with Gasteiger partial charge in [-0.2, -0.15) is 0 Å². The van der Waals surface area contributed by atoms with E-state index in [1.807, 2.05) is 0 Å². The van der Waals surface area contributed by atoms with E-state index in [-0.39, 0.29) is 17.9 Å². The fourth-order valence-electron chi connectivity index (χ4n) is 4.10. The standard InChI is InChI=1S/C17H29N3O3/c1-18-10-6-14(7-11-18)20-9-2-4-15(20)17(22)23-13-12-19-8-3-5-16(19)21/h14-15H,2-13H2,1H3. The number of ether oxygens (including phenoxy) is 1. The summed E-state index contributed by atoms with van der Waals surface area (Å²) < 4.78 is 5.49. The second kappa shape index (κ2) is 7.62. The maximum atomic E-state index is 12.4. The summed E-state index contributed by atoms with van der Waals surface area (Å²) in [5.41, 5.74) is 0. The van der Waals surface area contributed by atoms with Crippen LogP contribution in [0, 0.1) is 0 Å². The van der Waals surface area contributed by atoms with Gasteiger partial charge in [-0.05, 0) is 58.8 Å². The SMILES string of the molecule is CN1CCC(N2CCCC2C(=O)OCCN2CCCC2=O)CC1. The fourth-order valence-corrected chi connectivity index (χ4v) is 4.10. The zero-order valence-electron chi connectivity index (χ0n) is 14.2. The Morgan fingerprint density at radius 1 is 1.13 bits per heavy atom. The van der Waals surface area contributed by atoms with Crippen molar-refractivity contribution in [2.24, 2.45) is 0 Å². The van der Waals surface area contributed by atoms with Gasteiger partial charge in [-0.15, -0.1) is 0 Å². The topological polar surface area (TPSA) is 53.1 Å². The molecule has 6 heteroatoms. The lowest BCUT2D eigenvalue weighted by molar-refractivity contribution is -0.151. The van der Waals surface area contributed by atoms with Crippen LogP contribution in [0.15, 0.2) is 0 Å². The zero-order chi connectivity index (χ0) is 16.2. The number of nitrogens with zero attached hydrogens (tertiary/aromatic N) is 3. The smallest absolute Gasteiger partial charge is 0.323 e. The number of likely N-dealkylation sites (tertiary alicyclic amines) is 3. The van der Waals surface area contributed by atoms with Crippen molar-refractivity contribution in [3.63, 3.8) is 0 Å². The Bertz CT molecular complexity index is 435. The molecule has 3 aliphatic heterocycles. The summed E-state index contributed by atoms with van der Waals surface area (Å²) >= 11 is 0. The minimum Gasteiger partial charge on any atom is -0.463 e. The van der Waals surface area contributed by atoms with E-state index in [0.717, 1.165) is 58.3 Å². The van der Waals surface area contributed by atoms with Crippen LogP contribution in [0.1, 0.15) is 38.5 Å². The van der Waals surface area contributed by atoms with E-state index in [2.05, 4.69) is 16.8 Å². The van der Waals surface area contributed by atoms with Crippen LogP contribution in [0.3, 0.4) is 0 Å². The van der Waals surface area contributed by atoms with E-state index >= 15 is 0 Å². The van der Waals surface area contributed by atoms with E-state index in [0.29, 0.717) is 25.6 Å². The Hall–Kier alpha value is -1.14. The number of rotatable bonds is 5. The van der Waals surface area contributed by atoms with Gasteiger partial charge in [-0.1, -0.05) is 0 Å². The number of piperidine rings is 1. The fraction of sp³-hybridized carbons (Fsp3) is 0.882. The summed E-state index contributed by atoms with van der Waals surface area (Å²) in [6, 6.07) is 0.448. The third-order valence-corrected chi connectivity index (χ3v) is 5.50. The van der Waals surface area contributed by atoms with E-state index in [9.17, 15) is 9.59 Å². The van der Waals surface area contributed by atoms with Crippen LogP contribution >= 0.6 is 0 Å². The van der Waals surface area contributed by atoms with Gasteiger partial charge >= 0.3 is 5.97 Å². The lowest BCUT2D eigenvalue weighted by Gasteiger charge is -2.37. The predicted molar refractivity (Wildman–Crippen MR) is 87.0 cm³/mol. The van der Waals surface area contributed by atoms with Crippen LogP contribution in [0.2, 0.25) is 0 Å². The molecule has 1 amide bonds. The molecule has 23 heavy (non-hydrogen) atoms. The predicted octanol–water partition coefficient (Wildman–Crippen LogP) is 0.711. The highest BCUT2D eigenvalue weighted by Crippen LogP contribution is 2.26. The van der Waals surface area contributed by atoms with Gasteiger partial charge in [0.25, 0.3) is 0 Å². The van der Waals surface area contributed by atoms with E-state index in [1.165, 1.54) is 0 Å². The monoisotopic (exact) mass is 323 g/mol. The first-order valence-corrected chi connectivity index (χ1v) is 9.04. The molecule has 0 radical (unpaired) electrons. The number of carbonyl (C=O) groups is 2. The Labute approximate surface area is 138 Å². The van der Waals surface area contributed by atoms with Gasteiger partial charge in [0, 0.05) is 19.0 Å². The number of hydrogen-bond donors (Lipinski definition) is 0. The van der Waals surface area contributed by atoms with Crippen LogP contribution in [-0.2, 0) is 14.3 Å². The number of amides is 1. The maximum Gasteiger partial charge on any atom is 0.323 e. The number of carbonyl (C=O) groups excluding carboxylic acids is 2. The van der Waals surface area contributed by atoms with Crippen molar-refractivity contribution in [3.05, 3.63) is 0 Å². The molecule has 0 aliphatic carbocycles. The van der Waals surface area contributed by atoms with Crippen molar-refractivity contribution in [1.29, 1.82) is 0 Å². The molecule has 1 atom stereocenters. The van der Waals surface area contributed by atoms with Gasteiger partial charge in [0.05, 0.1) is 6.54 Å². The molecule has 0 spiro atoms. The van der Waals surface area contributed by atoms with Gasteiger partial charge in [0.15, 0.2) is 0 Å². The van der Waals surface area contributed by atoms with Gasteiger partial charge in [-0.25, -0.2) is 0 Å². The molecule has 3 saturated heterocycles. The minimum absolute atomic E-state index is 0.0716. The molecule has 3 aliphatic rings. The quantitative estimate of drug-likeness (QED) is 0.698. The van der Waals surface area contributed by atoms with Gasteiger partial charge in [0.2, 0.25) is 5.91 Å². The van der Waals surface area contributed by atoms with Crippen molar-refractivity contribution in [1.82, 2.24) is 14.7 Å². The summed E-state index contributed by atoms with van der Waals surface area (Å²) in [6.07, 6.45) is 5.84. The largest absolute Gasteiger partial charge is 0.463 e. The van der Waals surface area contributed by atoms with Gasteiger partial charge < -0.3 is 14.5 Å². The molecule has 0 aromatic heterocycles. The first-order valence-electron chi connectivity index (χ1n) is 9.04. The molecule has 1 unspecified atom stereocenters. The molecule has 0 aromatic carbocycles. The average molecular weight is 323 g/mol. The molecule has 3 rings (SSSR count). The molecule has 0 aromatic rings. The first kappa shape index (κ1) is 16.7. The van der Waals surface area contributed by atoms with Crippen molar-refractivity contribution < 1.29 is 14.3 Å². The lowest BCUT2D eigenvalue weighted by atomic mass is 10.0. The zero-order valence-corrected chi connectivity index (χ0v) is 14.2. The van der Waals surface area contributed by atoms with E-state index in [1.54, 1.807) is 4.90 Å². The van der Waals surface area contributed by atoms with Crippen molar-refractivity contribution in [3.8, 4) is 0 Å². The van der Waals surface area contributed by atoms with Crippen molar-refractivity contribution >= 4 is 11.9 Å². The maximum absolute atomic E-state index is 12.4.